The van der Waals surface area contributed by atoms with Crippen molar-refractivity contribution < 1.29 is 4.79 Å². The Bertz CT molecular complexity index is 478. The predicted octanol–water partition coefficient (Wildman–Crippen LogP) is 3.29. The SMILES string of the molecule is CC(=NNC(=O)CNc1ccccc1Cl)C(C)(C)C. The molecule has 4 nitrogen and oxygen atoms in total. The summed E-state index contributed by atoms with van der Waals surface area (Å²) in [6.45, 7) is 8.15. The third kappa shape index (κ3) is 5.30. The fourth-order valence-electron chi connectivity index (χ4n) is 1.13. The monoisotopic (exact) mass is 281 g/mol. The van der Waals surface area contributed by atoms with Gasteiger partial charge in [0, 0.05) is 11.1 Å². The molecule has 0 saturated carbocycles. The Labute approximate surface area is 119 Å². The van der Waals surface area contributed by atoms with E-state index in [0.29, 0.717) is 5.02 Å². The van der Waals surface area contributed by atoms with Crippen LogP contribution >= 0.6 is 11.6 Å². The number of hydrogen-bond donors (Lipinski definition) is 2. The van der Waals surface area contributed by atoms with Crippen molar-refractivity contribution in [3.8, 4) is 0 Å². The molecule has 0 aliphatic heterocycles. The minimum atomic E-state index is -0.205. The van der Waals surface area contributed by atoms with Gasteiger partial charge in [-0.3, -0.25) is 4.79 Å². The first-order valence-electron chi connectivity index (χ1n) is 6.12. The average molecular weight is 282 g/mol. The van der Waals surface area contributed by atoms with Gasteiger partial charge in [0.05, 0.1) is 17.3 Å². The molecule has 0 spiro atoms. The minimum absolute atomic E-state index is 0.0521. The number of nitrogens with zero attached hydrogens (tertiary/aromatic N) is 1. The average Bonchev–Trinajstić information content (AvgIpc) is 2.33. The number of benzene rings is 1. The van der Waals surface area contributed by atoms with Crippen LogP contribution in [0.3, 0.4) is 0 Å². The number of hydrogen-bond acceptors (Lipinski definition) is 3. The lowest BCUT2D eigenvalue weighted by Gasteiger charge is -2.17. The zero-order chi connectivity index (χ0) is 14.5. The molecule has 5 heteroatoms. The zero-order valence-electron chi connectivity index (χ0n) is 11.7. The first-order chi connectivity index (χ1) is 8.80. The normalized spacial score (nSPS) is 12.2. The summed E-state index contributed by atoms with van der Waals surface area (Å²) in [5.41, 5.74) is 4.08. The van der Waals surface area contributed by atoms with E-state index in [0.717, 1.165) is 11.4 Å². The van der Waals surface area contributed by atoms with Gasteiger partial charge in [-0.2, -0.15) is 5.10 Å². The van der Waals surface area contributed by atoms with Crippen molar-refractivity contribution in [3.05, 3.63) is 29.3 Å². The molecule has 0 unspecified atom stereocenters. The lowest BCUT2D eigenvalue weighted by molar-refractivity contribution is -0.119. The van der Waals surface area contributed by atoms with E-state index in [1.165, 1.54) is 0 Å². The van der Waals surface area contributed by atoms with Crippen molar-refractivity contribution in [2.45, 2.75) is 27.7 Å². The lowest BCUT2D eigenvalue weighted by Crippen LogP contribution is -2.29. The van der Waals surface area contributed by atoms with Crippen molar-refractivity contribution in [1.29, 1.82) is 0 Å². The Morgan fingerprint density at radius 1 is 1.32 bits per heavy atom. The van der Waals surface area contributed by atoms with Crippen LogP contribution < -0.4 is 10.7 Å². The zero-order valence-corrected chi connectivity index (χ0v) is 12.5. The van der Waals surface area contributed by atoms with Crippen molar-refractivity contribution in [2.24, 2.45) is 10.5 Å². The fourth-order valence-corrected chi connectivity index (χ4v) is 1.34. The number of amides is 1. The fraction of sp³-hybridized carbons (Fsp3) is 0.429. The Morgan fingerprint density at radius 3 is 2.53 bits per heavy atom. The first-order valence-corrected chi connectivity index (χ1v) is 6.50. The highest BCUT2D eigenvalue weighted by molar-refractivity contribution is 6.33. The smallest absolute Gasteiger partial charge is 0.259 e. The molecule has 1 amide bonds. The van der Waals surface area contributed by atoms with Gasteiger partial charge in [0.25, 0.3) is 5.91 Å². The number of carbonyl (C=O) groups is 1. The molecule has 0 aromatic heterocycles. The number of rotatable bonds is 4. The Morgan fingerprint density at radius 2 is 1.95 bits per heavy atom. The molecule has 0 bridgehead atoms. The summed E-state index contributed by atoms with van der Waals surface area (Å²) in [4.78, 5) is 11.6. The highest BCUT2D eigenvalue weighted by atomic mass is 35.5. The minimum Gasteiger partial charge on any atom is -0.375 e. The first kappa shape index (κ1) is 15.5. The summed E-state index contributed by atoms with van der Waals surface area (Å²) in [7, 11) is 0. The largest absolute Gasteiger partial charge is 0.375 e. The highest BCUT2D eigenvalue weighted by Crippen LogP contribution is 2.19. The summed E-state index contributed by atoms with van der Waals surface area (Å²) in [5, 5.41) is 7.62. The number of anilines is 1. The van der Waals surface area contributed by atoms with Crippen LogP contribution in [0.25, 0.3) is 0 Å². The van der Waals surface area contributed by atoms with E-state index in [1.807, 2.05) is 45.9 Å². The summed E-state index contributed by atoms with van der Waals surface area (Å²) in [5.74, 6) is -0.205. The molecule has 19 heavy (non-hydrogen) atoms. The van der Waals surface area contributed by atoms with Gasteiger partial charge in [0.2, 0.25) is 0 Å². The molecule has 2 N–H and O–H groups in total. The predicted molar refractivity (Wildman–Crippen MR) is 80.6 cm³/mol. The van der Waals surface area contributed by atoms with E-state index in [2.05, 4.69) is 15.8 Å². The molecule has 0 aliphatic carbocycles. The number of hydrazone groups is 1. The van der Waals surface area contributed by atoms with Gasteiger partial charge in [0.15, 0.2) is 0 Å². The van der Waals surface area contributed by atoms with Crippen molar-refractivity contribution in [3.63, 3.8) is 0 Å². The summed E-state index contributed by atoms with van der Waals surface area (Å²) >= 11 is 5.97. The summed E-state index contributed by atoms with van der Waals surface area (Å²) in [6, 6.07) is 7.28. The van der Waals surface area contributed by atoms with E-state index in [1.54, 1.807) is 6.07 Å². The second kappa shape index (κ2) is 6.57. The van der Waals surface area contributed by atoms with Crippen LogP contribution in [0.2, 0.25) is 5.02 Å². The molecule has 1 rings (SSSR count). The molecule has 0 atom stereocenters. The molecular weight excluding hydrogens is 262 g/mol. The lowest BCUT2D eigenvalue weighted by atomic mass is 9.91. The van der Waals surface area contributed by atoms with Gasteiger partial charge in [-0.15, -0.1) is 0 Å². The number of nitrogens with one attached hydrogen (secondary N) is 2. The van der Waals surface area contributed by atoms with Gasteiger partial charge in [-0.25, -0.2) is 5.43 Å². The topological polar surface area (TPSA) is 53.5 Å². The number of carbonyl (C=O) groups excluding carboxylic acids is 1. The molecule has 1 aromatic rings. The van der Waals surface area contributed by atoms with E-state index in [9.17, 15) is 4.79 Å². The molecule has 0 radical (unpaired) electrons. The van der Waals surface area contributed by atoms with Crippen LogP contribution in [0.15, 0.2) is 29.4 Å². The Kier molecular flexibility index (Phi) is 5.36. The molecule has 1 aromatic carbocycles. The van der Waals surface area contributed by atoms with E-state index < -0.39 is 0 Å². The van der Waals surface area contributed by atoms with Crippen molar-refractivity contribution >= 4 is 28.9 Å². The third-order valence-electron chi connectivity index (χ3n) is 2.75. The molecule has 0 fully saturated rings. The standard InChI is InChI=1S/C14H20ClN3O/c1-10(14(2,3)4)17-18-13(19)9-16-12-8-6-5-7-11(12)15/h5-8,16H,9H2,1-4H3,(H,18,19). The summed E-state index contributed by atoms with van der Waals surface area (Å²) in [6.07, 6.45) is 0. The van der Waals surface area contributed by atoms with Gasteiger partial charge in [-0.05, 0) is 19.1 Å². The molecule has 0 heterocycles. The second-order valence-corrected chi connectivity index (χ2v) is 5.72. The van der Waals surface area contributed by atoms with E-state index in [-0.39, 0.29) is 17.9 Å². The van der Waals surface area contributed by atoms with Crippen molar-refractivity contribution in [2.75, 3.05) is 11.9 Å². The van der Waals surface area contributed by atoms with E-state index in [4.69, 9.17) is 11.6 Å². The second-order valence-electron chi connectivity index (χ2n) is 5.32. The van der Waals surface area contributed by atoms with E-state index >= 15 is 0 Å². The van der Waals surface area contributed by atoms with Gasteiger partial charge < -0.3 is 5.32 Å². The molecule has 104 valence electrons. The number of para-hydroxylation sites is 1. The van der Waals surface area contributed by atoms with Crippen LogP contribution in [0.5, 0.6) is 0 Å². The van der Waals surface area contributed by atoms with Crippen LogP contribution in [0.1, 0.15) is 27.7 Å². The molecular formula is C14H20ClN3O. The third-order valence-corrected chi connectivity index (χ3v) is 3.08. The number of halogens is 1. The van der Waals surface area contributed by atoms with Gasteiger partial charge in [-0.1, -0.05) is 44.5 Å². The maximum Gasteiger partial charge on any atom is 0.259 e. The molecule has 0 aliphatic rings. The maximum atomic E-state index is 11.6. The Balaban J connectivity index is 2.48. The van der Waals surface area contributed by atoms with Gasteiger partial charge >= 0.3 is 0 Å². The summed E-state index contributed by atoms with van der Waals surface area (Å²) < 4.78 is 0. The molecule has 0 saturated heterocycles. The quantitative estimate of drug-likeness (QED) is 0.657. The maximum absolute atomic E-state index is 11.6. The van der Waals surface area contributed by atoms with Crippen LogP contribution in [-0.4, -0.2) is 18.2 Å². The van der Waals surface area contributed by atoms with Crippen LogP contribution in [0, 0.1) is 5.41 Å². The Hall–Kier alpha value is -1.55. The van der Waals surface area contributed by atoms with Crippen molar-refractivity contribution in [1.82, 2.24) is 5.43 Å². The highest BCUT2D eigenvalue weighted by Gasteiger charge is 2.14. The van der Waals surface area contributed by atoms with Crippen LogP contribution in [0.4, 0.5) is 5.69 Å². The van der Waals surface area contributed by atoms with Crippen LogP contribution in [-0.2, 0) is 4.79 Å². The van der Waals surface area contributed by atoms with Gasteiger partial charge in [0.1, 0.15) is 0 Å².